The SMILES string of the molecule is O=C(NCc1ccc(F)cc1)c1ccnc(C(=O)Nc2c(F)cccc2F)c1. The van der Waals surface area contributed by atoms with Gasteiger partial charge < -0.3 is 10.6 Å². The van der Waals surface area contributed by atoms with Gasteiger partial charge in [-0.2, -0.15) is 0 Å². The van der Waals surface area contributed by atoms with E-state index in [1.54, 1.807) is 0 Å². The summed E-state index contributed by atoms with van der Waals surface area (Å²) >= 11 is 0. The van der Waals surface area contributed by atoms with Crippen LogP contribution in [0.25, 0.3) is 0 Å². The van der Waals surface area contributed by atoms with Crippen molar-refractivity contribution in [2.75, 3.05) is 5.32 Å². The largest absolute Gasteiger partial charge is 0.348 e. The maximum absolute atomic E-state index is 13.7. The van der Waals surface area contributed by atoms with Crippen LogP contribution in [0, 0.1) is 17.5 Å². The molecule has 0 bridgehead atoms. The molecule has 28 heavy (non-hydrogen) atoms. The average molecular weight is 385 g/mol. The number of rotatable bonds is 5. The molecule has 0 saturated carbocycles. The number of hydrogen-bond acceptors (Lipinski definition) is 3. The van der Waals surface area contributed by atoms with Crippen molar-refractivity contribution < 1.29 is 22.8 Å². The maximum atomic E-state index is 13.7. The summed E-state index contributed by atoms with van der Waals surface area (Å²) in [6.07, 6.45) is 1.24. The number of aromatic nitrogens is 1. The van der Waals surface area contributed by atoms with Crippen molar-refractivity contribution in [3.8, 4) is 0 Å². The first-order valence-electron chi connectivity index (χ1n) is 8.18. The molecule has 0 spiro atoms. The number of nitrogens with zero attached hydrogens (tertiary/aromatic N) is 1. The molecule has 2 amide bonds. The molecular formula is C20H14F3N3O2. The Morgan fingerprint density at radius 3 is 2.25 bits per heavy atom. The van der Waals surface area contributed by atoms with E-state index < -0.39 is 29.1 Å². The molecule has 2 N–H and O–H groups in total. The first-order valence-corrected chi connectivity index (χ1v) is 8.18. The minimum atomic E-state index is -0.929. The summed E-state index contributed by atoms with van der Waals surface area (Å²) in [4.78, 5) is 28.3. The van der Waals surface area contributed by atoms with Crippen molar-refractivity contribution in [1.82, 2.24) is 10.3 Å². The van der Waals surface area contributed by atoms with E-state index in [2.05, 4.69) is 15.6 Å². The van der Waals surface area contributed by atoms with Gasteiger partial charge in [-0.3, -0.25) is 14.6 Å². The van der Waals surface area contributed by atoms with E-state index in [0.717, 1.165) is 12.1 Å². The Morgan fingerprint density at radius 2 is 1.57 bits per heavy atom. The summed E-state index contributed by atoms with van der Waals surface area (Å²) in [5, 5.41) is 4.73. The number of carbonyl (C=O) groups excluding carboxylic acids is 2. The predicted molar refractivity (Wildman–Crippen MR) is 96.1 cm³/mol. The molecule has 3 rings (SSSR count). The first-order chi connectivity index (χ1) is 13.4. The van der Waals surface area contributed by atoms with Gasteiger partial charge in [0, 0.05) is 18.3 Å². The monoisotopic (exact) mass is 385 g/mol. The molecule has 0 aliphatic carbocycles. The molecule has 0 atom stereocenters. The van der Waals surface area contributed by atoms with Crippen LogP contribution in [0.5, 0.6) is 0 Å². The van der Waals surface area contributed by atoms with Gasteiger partial charge >= 0.3 is 0 Å². The zero-order valence-corrected chi connectivity index (χ0v) is 14.4. The standard InChI is InChI=1S/C20H14F3N3O2/c21-14-6-4-12(5-7-14)11-25-19(27)13-8-9-24-17(10-13)20(28)26-18-15(22)2-1-3-16(18)23/h1-10H,11H2,(H,25,27)(H,26,28). The molecule has 142 valence electrons. The van der Waals surface area contributed by atoms with E-state index in [1.165, 1.54) is 48.7 Å². The Kier molecular flexibility index (Phi) is 5.69. The fraction of sp³-hybridized carbons (Fsp3) is 0.0500. The fourth-order valence-corrected chi connectivity index (χ4v) is 2.38. The van der Waals surface area contributed by atoms with Crippen LogP contribution in [0.1, 0.15) is 26.4 Å². The lowest BCUT2D eigenvalue weighted by Crippen LogP contribution is -2.24. The number of carbonyl (C=O) groups is 2. The van der Waals surface area contributed by atoms with Gasteiger partial charge in [-0.25, -0.2) is 13.2 Å². The molecule has 0 unspecified atom stereocenters. The summed E-state index contributed by atoms with van der Waals surface area (Å²) in [7, 11) is 0. The minimum absolute atomic E-state index is 0.135. The van der Waals surface area contributed by atoms with Crippen molar-refractivity contribution >= 4 is 17.5 Å². The Morgan fingerprint density at radius 1 is 0.893 bits per heavy atom. The molecule has 2 aromatic carbocycles. The molecule has 1 heterocycles. The smallest absolute Gasteiger partial charge is 0.274 e. The zero-order valence-electron chi connectivity index (χ0n) is 14.4. The summed E-state index contributed by atoms with van der Waals surface area (Å²) in [6, 6.07) is 11.4. The minimum Gasteiger partial charge on any atom is -0.348 e. The van der Waals surface area contributed by atoms with E-state index in [9.17, 15) is 22.8 Å². The highest BCUT2D eigenvalue weighted by Crippen LogP contribution is 2.18. The third-order valence-corrected chi connectivity index (χ3v) is 3.82. The van der Waals surface area contributed by atoms with Gasteiger partial charge in [-0.1, -0.05) is 18.2 Å². The second kappa shape index (κ2) is 8.34. The third kappa shape index (κ3) is 4.53. The van der Waals surface area contributed by atoms with Crippen molar-refractivity contribution in [2.45, 2.75) is 6.54 Å². The number of nitrogens with one attached hydrogen (secondary N) is 2. The van der Waals surface area contributed by atoms with Crippen LogP contribution in [-0.2, 0) is 6.54 Å². The van der Waals surface area contributed by atoms with Crippen LogP contribution in [0.15, 0.2) is 60.8 Å². The van der Waals surface area contributed by atoms with Gasteiger partial charge in [0.05, 0.1) is 0 Å². The summed E-state index contributed by atoms with van der Waals surface area (Å²) in [6.45, 7) is 0.156. The van der Waals surface area contributed by atoms with Crippen LogP contribution in [0.3, 0.4) is 0 Å². The molecule has 3 aromatic rings. The topological polar surface area (TPSA) is 71.1 Å². The van der Waals surface area contributed by atoms with E-state index in [-0.39, 0.29) is 23.6 Å². The number of benzene rings is 2. The number of para-hydroxylation sites is 1. The van der Waals surface area contributed by atoms with Crippen molar-refractivity contribution in [2.24, 2.45) is 0 Å². The summed E-state index contributed by atoms with van der Waals surface area (Å²) < 4.78 is 40.2. The van der Waals surface area contributed by atoms with Crippen LogP contribution in [0.4, 0.5) is 18.9 Å². The summed E-state index contributed by atoms with van der Waals surface area (Å²) in [5.41, 5.74) is 0.0469. The van der Waals surface area contributed by atoms with E-state index in [1.807, 2.05) is 0 Å². The van der Waals surface area contributed by atoms with E-state index in [4.69, 9.17) is 0 Å². The quantitative estimate of drug-likeness (QED) is 0.704. The van der Waals surface area contributed by atoms with Gasteiger partial charge in [0.25, 0.3) is 11.8 Å². The van der Waals surface area contributed by atoms with Crippen LogP contribution in [-0.4, -0.2) is 16.8 Å². The Hall–Kier alpha value is -3.68. The van der Waals surface area contributed by atoms with Crippen LogP contribution >= 0.6 is 0 Å². The van der Waals surface area contributed by atoms with Crippen molar-refractivity contribution in [3.05, 3.63) is 95.1 Å². The van der Waals surface area contributed by atoms with Crippen LogP contribution in [0.2, 0.25) is 0 Å². The molecule has 1 aromatic heterocycles. The number of pyridine rings is 1. The van der Waals surface area contributed by atoms with E-state index >= 15 is 0 Å². The molecule has 0 saturated heterocycles. The number of anilines is 1. The molecule has 0 aliphatic heterocycles. The Labute approximate surface area is 158 Å². The maximum Gasteiger partial charge on any atom is 0.274 e. The highest BCUT2D eigenvalue weighted by Gasteiger charge is 2.16. The predicted octanol–water partition coefficient (Wildman–Crippen LogP) is 3.68. The highest BCUT2D eigenvalue weighted by molar-refractivity contribution is 6.04. The van der Waals surface area contributed by atoms with Gasteiger partial charge in [-0.05, 0) is 42.0 Å². The number of halogens is 3. The molecule has 0 fully saturated rings. The molecular weight excluding hydrogens is 371 g/mol. The van der Waals surface area contributed by atoms with Gasteiger partial charge in [-0.15, -0.1) is 0 Å². The van der Waals surface area contributed by atoms with Gasteiger partial charge in [0.1, 0.15) is 28.8 Å². The Bertz CT molecular complexity index is 1000. The van der Waals surface area contributed by atoms with Crippen LogP contribution < -0.4 is 10.6 Å². The zero-order chi connectivity index (χ0) is 20.1. The third-order valence-electron chi connectivity index (χ3n) is 3.82. The fourth-order valence-electron chi connectivity index (χ4n) is 2.38. The molecule has 0 aliphatic rings. The lowest BCUT2D eigenvalue weighted by atomic mass is 10.2. The second-order valence-corrected chi connectivity index (χ2v) is 5.79. The lowest BCUT2D eigenvalue weighted by Gasteiger charge is -2.09. The van der Waals surface area contributed by atoms with E-state index in [0.29, 0.717) is 5.56 Å². The summed E-state index contributed by atoms with van der Waals surface area (Å²) in [5.74, 6) is -3.59. The van der Waals surface area contributed by atoms with Gasteiger partial charge in [0.15, 0.2) is 0 Å². The average Bonchev–Trinajstić information content (AvgIpc) is 2.70. The number of amides is 2. The highest BCUT2D eigenvalue weighted by atomic mass is 19.1. The molecule has 5 nitrogen and oxygen atoms in total. The number of hydrogen-bond donors (Lipinski definition) is 2. The lowest BCUT2D eigenvalue weighted by molar-refractivity contribution is 0.0950. The Balaban J connectivity index is 1.69. The van der Waals surface area contributed by atoms with Gasteiger partial charge in [0.2, 0.25) is 0 Å². The molecule has 0 radical (unpaired) electrons. The van der Waals surface area contributed by atoms with Crippen molar-refractivity contribution in [3.63, 3.8) is 0 Å². The first kappa shape index (κ1) is 19.1. The molecule has 8 heteroatoms. The normalized spacial score (nSPS) is 10.4. The van der Waals surface area contributed by atoms with Crippen molar-refractivity contribution in [1.29, 1.82) is 0 Å². The second-order valence-electron chi connectivity index (χ2n) is 5.79.